The zero-order chi connectivity index (χ0) is 13.0. The third-order valence-corrected chi connectivity index (χ3v) is 2.74. The van der Waals surface area contributed by atoms with Gasteiger partial charge in [-0.15, -0.1) is 0 Å². The van der Waals surface area contributed by atoms with Crippen LogP contribution >= 0.6 is 11.6 Å². The highest BCUT2D eigenvalue weighted by atomic mass is 35.5. The van der Waals surface area contributed by atoms with Crippen LogP contribution in [0.4, 0.5) is 4.39 Å². The molecular weight excluding hydrogens is 253 g/mol. The van der Waals surface area contributed by atoms with Crippen LogP contribution in [-0.4, -0.2) is 5.91 Å². The monoisotopic (exact) mass is 263 g/mol. The second-order valence-electron chi connectivity index (χ2n) is 3.79. The lowest BCUT2D eigenvalue weighted by molar-refractivity contribution is 0.0947. The molecule has 0 saturated carbocycles. The summed E-state index contributed by atoms with van der Waals surface area (Å²) in [6.07, 6.45) is 0. The van der Waals surface area contributed by atoms with Crippen molar-refractivity contribution in [3.63, 3.8) is 0 Å². The molecule has 2 aromatic carbocycles. The molecule has 18 heavy (non-hydrogen) atoms. The molecule has 92 valence electrons. The molecule has 0 atom stereocenters. The lowest BCUT2D eigenvalue weighted by atomic mass is 10.2. The van der Waals surface area contributed by atoms with Gasteiger partial charge in [-0.05, 0) is 29.8 Å². The minimum absolute atomic E-state index is 0.0477. The molecule has 1 N–H and O–H groups in total. The molecule has 2 aromatic rings. The van der Waals surface area contributed by atoms with Crippen molar-refractivity contribution in [2.45, 2.75) is 6.54 Å². The Labute approximate surface area is 109 Å². The van der Waals surface area contributed by atoms with Crippen molar-refractivity contribution in [2.24, 2.45) is 0 Å². The Hall–Kier alpha value is -1.87. The van der Waals surface area contributed by atoms with Crippen molar-refractivity contribution < 1.29 is 9.18 Å². The van der Waals surface area contributed by atoms with E-state index in [-0.39, 0.29) is 5.56 Å². The van der Waals surface area contributed by atoms with Crippen LogP contribution in [0.25, 0.3) is 0 Å². The highest BCUT2D eigenvalue weighted by molar-refractivity contribution is 6.30. The SMILES string of the molecule is O=C(NCc1ccc(Cl)cc1)c1ccccc1F. The van der Waals surface area contributed by atoms with E-state index in [2.05, 4.69) is 5.32 Å². The first-order valence-electron chi connectivity index (χ1n) is 5.44. The summed E-state index contributed by atoms with van der Waals surface area (Å²) < 4.78 is 13.3. The number of rotatable bonds is 3. The molecule has 2 nitrogen and oxygen atoms in total. The summed E-state index contributed by atoms with van der Waals surface area (Å²) in [7, 11) is 0. The first kappa shape index (κ1) is 12.6. The summed E-state index contributed by atoms with van der Waals surface area (Å²) in [5.74, 6) is -0.950. The van der Waals surface area contributed by atoms with Crippen LogP contribution in [-0.2, 0) is 6.54 Å². The van der Waals surface area contributed by atoms with E-state index in [4.69, 9.17) is 11.6 Å². The van der Waals surface area contributed by atoms with Gasteiger partial charge in [-0.1, -0.05) is 35.9 Å². The zero-order valence-electron chi connectivity index (χ0n) is 9.49. The molecule has 0 aromatic heterocycles. The minimum atomic E-state index is -0.522. The number of halogens is 2. The van der Waals surface area contributed by atoms with Gasteiger partial charge in [0.05, 0.1) is 5.56 Å². The van der Waals surface area contributed by atoms with Crippen LogP contribution in [0.1, 0.15) is 15.9 Å². The van der Waals surface area contributed by atoms with Gasteiger partial charge in [0.1, 0.15) is 5.82 Å². The van der Waals surface area contributed by atoms with Gasteiger partial charge in [0.2, 0.25) is 0 Å². The molecular formula is C14H11ClFNO. The van der Waals surface area contributed by atoms with E-state index in [1.54, 1.807) is 24.3 Å². The van der Waals surface area contributed by atoms with E-state index < -0.39 is 11.7 Å². The number of benzene rings is 2. The van der Waals surface area contributed by atoms with Crippen LogP contribution in [0.2, 0.25) is 5.02 Å². The van der Waals surface area contributed by atoms with Gasteiger partial charge in [0.15, 0.2) is 0 Å². The Morgan fingerprint density at radius 3 is 2.44 bits per heavy atom. The number of carbonyl (C=O) groups excluding carboxylic acids is 1. The summed E-state index contributed by atoms with van der Waals surface area (Å²) >= 11 is 5.75. The molecule has 4 heteroatoms. The first-order valence-corrected chi connectivity index (χ1v) is 5.82. The highest BCUT2D eigenvalue weighted by Crippen LogP contribution is 2.10. The fourth-order valence-corrected chi connectivity index (χ4v) is 1.65. The molecule has 0 spiro atoms. The Morgan fingerprint density at radius 1 is 1.11 bits per heavy atom. The van der Waals surface area contributed by atoms with E-state index >= 15 is 0 Å². The van der Waals surface area contributed by atoms with E-state index in [0.717, 1.165) is 5.56 Å². The first-order chi connectivity index (χ1) is 8.66. The number of carbonyl (C=O) groups is 1. The third kappa shape index (κ3) is 3.08. The molecule has 0 heterocycles. The maximum absolute atomic E-state index is 13.3. The minimum Gasteiger partial charge on any atom is -0.348 e. The van der Waals surface area contributed by atoms with Crippen LogP contribution in [0.5, 0.6) is 0 Å². The molecule has 0 aliphatic rings. The second kappa shape index (κ2) is 5.65. The molecule has 0 fully saturated rings. The Kier molecular flexibility index (Phi) is 3.95. The molecule has 0 radical (unpaired) electrons. The summed E-state index contributed by atoms with van der Waals surface area (Å²) in [4.78, 5) is 11.7. The van der Waals surface area contributed by atoms with E-state index in [9.17, 15) is 9.18 Å². The van der Waals surface area contributed by atoms with E-state index in [1.165, 1.54) is 12.1 Å². The van der Waals surface area contributed by atoms with Gasteiger partial charge in [-0.25, -0.2) is 4.39 Å². The summed E-state index contributed by atoms with van der Waals surface area (Å²) in [5, 5.41) is 3.29. The smallest absolute Gasteiger partial charge is 0.254 e. The largest absolute Gasteiger partial charge is 0.348 e. The number of amides is 1. The van der Waals surface area contributed by atoms with Crippen LogP contribution in [0.15, 0.2) is 48.5 Å². The summed E-state index contributed by atoms with van der Waals surface area (Å²) in [6, 6.07) is 13.0. The predicted octanol–water partition coefficient (Wildman–Crippen LogP) is 3.41. The van der Waals surface area contributed by atoms with Gasteiger partial charge in [0, 0.05) is 11.6 Å². The number of nitrogens with one attached hydrogen (secondary N) is 1. The van der Waals surface area contributed by atoms with Crippen molar-refractivity contribution >= 4 is 17.5 Å². The molecule has 0 aliphatic heterocycles. The van der Waals surface area contributed by atoms with Crippen molar-refractivity contribution in [2.75, 3.05) is 0 Å². The van der Waals surface area contributed by atoms with Crippen LogP contribution in [0.3, 0.4) is 0 Å². The standard InChI is InChI=1S/C14H11ClFNO/c15-11-7-5-10(6-8-11)9-17-14(18)12-3-1-2-4-13(12)16/h1-8H,9H2,(H,17,18). The number of hydrogen-bond donors (Lipinski definition) is 1. The second-order valence-corrected chi connectivity index (χ2v) is 4.23. The molecule has 0 bridgehead atoms. The summed E-state index contributed by atoms with van der Waals surface area (Å²) in [6.45, 7) is 0.338. The van der Waals surface area contributed by atoms with Crippen LogP contribution < -0.4 is 5.32 Å². The highest BCUT2D eigenvalue weighted by Gasteiger charge is 2.09. The average Bonchev–Trinajstić information content (AvgIpc) is 2.38. The third-order valence-electron chi connectivity index (χ3n) is 2.48. The quantitative estimate of drug-likeness (QED) is 0.903. The Morgan fingerprint density at radius 2 is 1.78 bits per heavy atom. The maximum atomic E-state index is 13.3. The van der Waals surface area contributed by atoms with Crippen molar-refractivity contribution in [3.05, 3.63) is 70.5 Å². The van der Waals surface area contributed by atoms with Crippen molar-refractivity contribution in [3.8, 4) is 0 Å². The lowest BCUT2D eigenvalue weighted by Gasteiger charge is -2.06. The van der Waals surface area contributed by atoms with Gasteiger partial charge < -0.3 is 5.32 Å². The van der Waals surface area contributed by atoms with Crippen molar-refractivity contribution in [1.29, 1.82) is 0 Å². The van der Waals surface area contributed by atoms with Gasteiger partial charge in [-0.3, -0.25) is 4.79 Å². The number of hydrogen-bond acceptors (Lipinski definition) is 1. The fourth-order valence-electron chi connectivity index (χ4n) is 1.53. The Balaban J connectivity index is 2.01. The van der Waals surface area contributed by atoms with Gasteiger partial charge in [0.25, 0.3) is 5.91 Å². The van der Waals surface area contributed by atoms with Crippen LogP contribution in [0, 0.1) is 5.82 Å². The van der Waals surface area contributed by atoms with Crippen molar-refractivity contribution in [1.82, 2.24) is 5.32 Å². The normalized spacial score (nSPS) is 10.1. The molecule has 2 rings (SSSR count). The fraction of sp³-hybridized carbons (Fsp3) is 0.0714. The predicted molar refractivity (Wildman–Crippen MR) is 69.0 cm³/mol. The van der Waals surface area contributed by atoms with Gasteiger partial charge >= 0.3 is 0 Å². The molecule has 0 aliphatic carbocycles. The molecule has 0 saturated heterocycles. The topological polar surface area (TPSA) is 29.1 Å². The molecule has 1 amide bonds. The average molecular weight is 264 g/mol. The lowest BCUT2D eigenvalue weighted by Crippen LogP contribution is -2.23. The van der Waals surface area contributed by atoms with Gasteiger partial charge in [-0.2, -0.15) is 0 Å². The maximum Gasteiger partial charge on any atom is 0.254 e. The zero-order valence-corrected chi connectivity index (χ0v) is 10.2. The Bertz CT molecular complexity index is 554. The van der Waals surface area contributed by atoms with E-state index in [0.29, 0.717) is 11.6 Å². The van der Waals surface area contributed by atoms with E-state index in [1.807, 2.05) is 12.1 Å². The summed E-state index contributed by atoms with van der Waals surface area (Å²) in [5.41, 5.74) is 0.954. The molecule has 0 unspecified atom stereocenters.